The Balaban J connectivity index is 1.75. The first kappa shape index (κ1) is 13.7. The summed E-state index contributed by atoms with van der Waals surface area (Å²) in [7, 11) is 0. The molecule has 0 aliphatic carbocycles. The molecule has 0 saturated carbocycles. The van der Waals surface area contributed by atoms with E-state index < -0.39 is 12.0 Å². The molecule has 0 radical (unpaired) electrons. The fourth-order valence-corrected chi connectivity index (χ4v) is 2.73. The lowest BCUT2D eigenvalue weighted by molar-refractivity contribution is -0.146. The number of nitrogens with one attached hydrogen (secondary N) is 1. The van der Waals surface area contributed by atoms with Crippen molar-refractivity contribution in [1.82, 2.24) is 20.4 Å². The van der Waals surface area contributed by atoms with Crippen LogP contribution in [0.5, 0.6) is 0 Å². The molecule has 2 aromatic rings. The van der Waals surface area contributed by atoms with Crippen molar-refractivity contribution in [3.05, 3.63) is 23.4 Å². The Bertz CT molecular complexity index is 654. The van der Waals surface area contributed by atoms with Gasteiger partial charge in [-0.2, -0.15) is 0 Å². The zero-order chi connectivity index (χ0) is 14.8. The van der Waals surface area contributed by atoms with Crippen LogP contribution >= 0.6 is 11.3 Å². The van der Waals surface area contributed by atoms with Crippen LogP contribution in [0.15, 0.2) is 21.9 Å². The molecule has 21 heavy (non-hydrogen) atoms. The van der Waals surface area contributed by atoms with Crippen molar-refractivity contribution in [2.75, 3.05) is 13.1 Å². The van der Waals surface area contributed by atoms with Crippen LogP contribution in [0.3, 0.4) is 0 Å². The lowest BCUT2D eigenvalue weighted by Gasteiger charge is -2.31. The van der Waals surface area contributed by atoms with Gasteiger partial charge in [-0.05, 0) is 11.4 Å². The van der Waals surface area contributed by atoms with Gasteiger partial charge in [-0.1, -0.05) is 6.07 Å². The summed E-state index contributed by atoms with van der Waals surface area (Å²) in [5, 5.41) is 21.4. The molecule has 1 aliphatic heterocycles. The highest BCUT2D eigenvalue weighted by atomic mass is 32.1. The monoisotopic (exact) mass is 308 g/mol. The maximum atomic E-state index is 11.4. The number of carboxylic acids is 1. The van der Waals surface area contributed by atoms with Crippen LogP contribution < -0.4 is 5.32 Å². The average molecular weight is 308 g/mol. The first-order valence-corrected chi connectivity index (χ1v) is 7.11. The smallest absolute Gasteiger partial charge is 0.322 e. The van der Waals surface area contributed by atoms with Gasteiger partial charge >= 0.3 is 5.97 Å². The van der Waals surface area contributed by atoms with Gasteiger partial charge < -0.3 is 14.8 Å². The molecule has 1 amide bonds. The highest BCUT2D eigenvalue weighted by Crippen LogP contribution is 2.23. The van der Waals surface area contributed by atoms with Gasteiger partial charge in [0.15, 0.2) is 0 Å². The Morgan fingerprint density at radius 3 is 3.14 bits per heavy atom. The van der Waals surface area contributed by atoms with Crippen molar-refractivity contribution in [3.8, 4) is 10.8 Å². The van der Waals surface area contributed by atoms with E-state index in [0.29, 0.717) is 11.8 Å². The normalized spacial score (nSPS) is 19.4. The molecule has 110 valence electrons. The fourth-order valence-electron chi connectivity index (χ4n) is 2.09. The summed E-state index contributed by atoms with van der Waals surface area (Å²) in [5.41, 5.74) is 0. The summed E-state index contributed by atoms with van der Waals surface area (Å²) in [6.07, 6.45) is 0. The number of aromatic nitrogens is 2. The number of aliphatic carboxylic acids is 1. The molecule has 0 spiro atoms. The van der Waals surface area contributed by atoms with E-state index in [9.17, 15) is 14.7 Å². The Morgan fingerprint density at radius 2 is 2.43 bits per heavy atom. The standard InChI is InChI=1S/C12H12N4O4S/c17-9-5-16(7(4-13-9)12(18)19)6-10-14-15-11(20-10)8-2-1-3-21-8/h1-3,7H,4-6H2,(H,13,17)(H,18,19). The van der Waals surface area contributed by atoms with Crippen LogP contribution in [-0.4, -0.2) is 51.2 Å². The Hall–Kier alpha value is -2.26. The van der Waals surface area contributed by atoms with Crippen molar-refractivity contribution < 1.29 is 19.1 Å². The van der Waals surface area contributed by atoms with Crippen molar-refractivity contribution in [1.29, 1.82) is 0 Å². The number of piperazine rings is 1. The van der Waals surface area contributed by atoms with Crippen LogP contribution in [0, 0.1) is 0 Å². The molecule has 2 N–H and O–H groups in total. The quantitative estimate of drug-likeness (QED) is 0.829. The molecule has 1 unspecified atom stereocenters. The van der Waals surface area contributed by atoms with E-state index in [-0.39, 0.29) is 25.5 Å². The summed E-state index contributed by atoms with van der Waals surface area (Å²) < 4.78 is 5.52. The van der Waals surface area contributed by atoms with E-state index >= 15 is 0 Å². The highest BCUT2D eigenvalue weighted by Gasteiger charge is 2.32. The van der Waals surface area contributed by atoms with Crippen molar-refractivity contribution in [2.45, 2.75) is 12.6 Å². The summed E-state index contributed by atoms with van der Waals surface area (Å²) in [5.74, 6) is -0.522. The minimum absolute atomic E-state index is 0.00627. The number of amides is 1. The first-order valence-electron chi connectivity index (χ1n) is 6.23. The SMILES string of the molecule is O=C1CN(Cc2nnc(-c3cccs3)o2)C(C(=O)O)CN1. The Morgan fingerprint density at radius 1 is 1.57 bits per heavy atom. The van der Waals surface area contributed by atoms with E-state index in [4.69, 9.17) is 4.42 Å². The molecule has 1 saturated heterocycles. The summed E-state index contributed by atoms with van der Waals surface area (Å²) in [4.78, 5) is 25.0. The van der Waals surface area contributed by atoms with Gasteiger partial charge in [0, 0.05) is 6.54 Å². The second-order valence-electron chi connectivity index (χ2n) is 4.54. The summed E-state index contributed by atoms with van der Waals surface area (Å²) >= 11 is 1.47. The lowest BCUT2D eigenvalue weighted by atomic mass is 10.2. The second-order valence-corrected chi connectivity index (χ2v) is 5.49. The maximum absolute atomic E-state index is 11.4. The number of carboxylic acid groups (broad SMARTS) is 1. The van der Waals surface area contributed by atoms with Crippen molar-refractivity contribution >= 4 is 23.2 Å². The lowest BCUT2D eigenvalue weighted by Crippen LogP contribution is -2.56. The number of rotatable bonds is 4. The van der Waals surface area contributed by atoms with Crippen LogP contribution in [0.25, 0.3) is 10.8 Å². The van der Waals surface area contributed by atoms with Gasteiger partial charge in [0.2, 0.25) is 11.8 Å². The molecular weight excluding hydrogens is 296 g/mol. The number of hydrogen-bond acceptors (Lipinski definition) is 7. The van der Waals surface area contributed by atoms with E-state index in [2.05, 4.69) is 15.5 Å². The predicted molar refractivity (Wildman–Crippen MR) is 72.5 cm³/mol. The minimum Gasteiger partial charge on any atom is -0.480 e. The van der Waals surface area contributed by atoms with Gasteiger partial charge in [-0.15, -0.1) is 21.5 Å². The molecule has 2 aromatic heterocycles. The zero-order valence-corrected chi connectivity index (χ0v) is 11.7. The largest absolute Gasteiger partial charge is 0.480 e. The molecule has 9 heteroatoms. The third-order valence-corrected chi connectivity index (χ3v) is 3.96. The molecule has 0 bridgehead atoms. The van der Waals surface area contributed by atoms with Gasteiger partial charge in [0.05, 0.1) is 18.0 Å². The molecule has 3 heterocycles. The average Bonchev–Trinajstić information content (AvgIpc) is 3.08. The summed E-state index contributed by atoms with van der Waals surface area (Å²) in [6, 6.07) is 2.94. The van der Waals surface area contributed by atoms with E-state index in [0.717, 1.165) is 4.88 Å². The van der Waals surface area contributed by atoms with Gasteiger partial charge in [0.25, 0.3) is 5.89 Å². The van der Waals surface area contributed by atoms with Crippen LogP contribution in [-0.2, 0) is 16.1 Å². The van der Waals surface area contributed by atoms with E-state index in [1.165, 1.54) is 16.2 Å². The highest BCUT2D eigenvalue weighted by molar-refractivity contribution is 7.13. The number of carbonyl (C=O) groups excluding carboxylic acids is 1. The number of hydrogen-bond donors (Lipinski definition) is 2. The topological polar surface area (TPSA) is 109 Å². The first-order chi connectivity index (χ1) is 10.1. The molecule has 1 fully saturated rings. The number of thiophene rings is 1. The minimum atomic E-state index is -0.993. The number of nitrogens with zero attached hydrogens (tertiary/aromatic N) is 3. The molecular formula is C12H12N4O4S. The third kappa shape index (κ3) is 2.93. The molecule has 1 aliphatic rings. The van der Waals surface area contributed by atoms with Crippen LogP contribution in [0.2, 0.25) is 0 Å². The Kier molecular flexibility index (Phi) is 3.67. The molecule has 8 nitrogen and oxygen atoms in total. The number of carbonyl (C=O) groups is 2. The summed E-state index contributed by atoms with van der Waals surface area (Å²) in [6.45, 7) is 0.191. The van der Waals surface area contributed by atoms with Crippen molar-refractivity contribution in [2.24, 2.45) is 0 Å². The molecule has 1 atom stereocenters. The van der Waals surface area contributed by atoms with E-state index in [1.807, 2.05) is 17.5 Å². The van der Waals surface area contributed by atoms with Crippen LogP contribution in [0.4, 0.5) is 0 Å². The molecule has 0 aromatic carbocycles. The third-order valence-electron chi connectivity index (χ3n) is 3.10. The van der Waals surface area contributed by atoms with Gasteiger partial charge in [-0.25, -0.2) is 0 Å². The van der Waals surface area contributed by atoms with Gasteiger partial charge in [0.1, 0.15) is 6.04 Å². The Labute approximate surface area is 123 Å². The van der Waals surface area contributed by atoms with Crippen LogP contribution in [0.1, 0.15) is 5.89 Å². The van der Waals surface area contributed by atoms with Crippen molar-refractivity contribution in [3.63, 3.8) is 0 Å². The zero-order valence-electron chi connectivity index (χ0n) is 10.9. The maximum Gasteiger partial charge on any atom is 0.322 e. The van der Waals surface area contributed by atoms with Gasteiger partial charge in [-0.3, -0.25) is 14.5 Å². The predicted octanol–water partition coefficient (Wildman–Crippen LogP) is 0.183. The van der Waals surface area contributed by atoms with E-state index in [1.54, 1.807) is 0 Å². The fraction of sp³-hybridized carbons (Fsp3) is 0.333. The second kappa shape index (κ2) is 5.62. The molecule has 3 rings (SSSR count).